The van der Waals surface area contributed by atoms with E-state index < -0.39 is 18.2 Å². The number of benzene rings is 1. The molecule has 1 aromatic carbocycles. The van der Waals surface area contributed by atoms with Gasteiger partial charge in [-0.1, -0.05) is 6.07 Å². The predicted octanol–water partition coefficient (Wildman–Crippen LogP) is 3.70. The van der Waals surface area contributed by atoms with E-state index in [0.29, 0.717) is 22.7 Å². The molecular formula is C16H12F3N3O2. The monoisotopic (exact) mass is 335 g/mol. The number of nitrogens with zero attached hydrogens (tertiary/aromatic N) is 2. The highest BCUT2D eigenvalue weighted by Gasteiger charge is 2.13. The highest BCUT2D eigenvalue weighted by molar-refractivity contribution is 5.88. The number of halogens is 3. The molecule has 24 heavy (non-hydrogen) atoms. The van der Waals surface area contributed by atoms with Gasteiger partial charge in [0, 0.05) is 18.7 Å². The molecule has 1 N–H and O–H groups in total. The van der Waals surface area contributed by atoms with Gasteiger partial charge in [-0.05, 0) is 30.3 Å². The molecule has 0 bridgehead atoms. The molecule has 0 spiro atoms. The third-order valence-electron chi connectivity index (χ3n) is 3.24. The first kappa shape index (κ1) is 15.9. The average Bonchev–Trinajstić information content (AvgIpc) is 2.93. The van der Waals surface area contributed by atoms with Crippen LogP contribution in [0.3, 0.4) is 0 Å². The van der Waals surface area contributed by atoms with Crippen LogP contribution in [0.25, 0.3) is 16.9 Å². The van der Waals surface area contributed by atoms with Crippen molar-refractivity contribution in [2.24, 2.45) is 0 Å². The topological polar surface area (TPSA) is 55.6 Å². The Morgan fingerprint density at radius 1 is 1.29 bits per heavy atom. The molecule has 2 heterocycles. The number of pyridine rings is 1. The number of alkyl halides is 2. The number of rotatable bonds is 4. The first-order valence-electron chi connectivity index (χ1n) is 6.94. The first-order chi connectivity index (χ1) is 11.4. The van der Waals surface area contributed by atoms with E-state index in [2.05, 4.69) is 15.0 Å². The van der Waals surface area contributed by atoms with E-state index in [1.54, 1.807) is 28.8 Å². The number of carbonyl (C=O) groups is 1. The third kappa shape index (κ3) is 3.17. The van der Waals surface area contributed by atoms with Crippen molar-refractivity contribution in [1.29, 1.82) is 0 Å². The zero-order chi connectivity index (χ0) is 17.3. The summed E-state index contributed by atoms with van der Waals surface area (Å²) in [4.78, 5) is 15.6. The molecule has 0 aliphatic heterocycles. The minimum absolute atomic E-state index is 0.239. The molecule has 0 saturated carbocycles. The molecule has 124 valence electrons. The molecule has 3 rings (SSSR count). The number of nitrogens with one attached hydrogen (secondary N) is 1. The zero-order valence-corrected chi connectivity index (χ0v) is 12.5. The van der Waals surface area contributed by atoms with Crippen LogP contribution >= 0.6 is 0 Å². The lowest BCUT2D eigenvalue weighted by Gasteiger charge is -2.06. The van der Waals surface area contributed by atoms with Crippen molar-refractivity contribution in [2.45, 2.75) is 13.5 Å². The average molecular weight is 335 g/mol. The van der Waals surface area contributed by atoms with E-state index in [4.69, 9.17) is 0 Å². The lowest BCUT2D eigenvalue weighted by Crippen LogP contribution is -2.08. The van der Waals surface area contributed by atoms with Gasteiger partial charge in [0.15, 0.2) is 11.6 Å². The number of ether oxygens (including phenoxy) is 1. The summed E-state index contributed by atoms with van der Waals surface area (Å²) in [5, 5.41) is 2.66. The number of amides is 1. The maximum atomic E-state index is 13.9. The summed E-state index contributed by atoms with van der Waals surface area (Å²) in [6.45, 7) is -1.71. The Balaban J connectivity index is 2.01. The fourth-order valence-electron chi connectivity index (χ4n) is 2.28. The normalized spacial score (nSPS) is 11.0. The van der Waals surface area contributed by atoms with Crippen LogP contribution in [0.15, 0.2) is 42.6 Å². The number of hydrogen-bond acceptors (Lipinski definition) is 3. The van der Waals surface area contributed by atoms with Crippen LogP contribution in [0.4, 0.5) is 19.0 Å². The number of carbonyl (C=O) groups excluding carboxylic acids is 1. The van der Waals surface area contributed by atoms with Gasteiger partial charge in [0.1, 0.15) is 11.5 Å². The summed E-state index contributed by atoms with van der Waals surface area (Å²) in [7, 11) is 0. The first-order valence-corrected chi connectivity index (χ1v) is 6.94. The Kier molecular flexibility index (Phi) is 4.11. The second-order valence-electron chi connectivity index (χ2n) is 4.97. The van der Waals surface area contributed by atoms with Gasteiger partial charge in [-0.25, -0.2) is 9.37 Å². The van der Waals surface area contributed by atoms with Gasteiger partial charge in [0.05, 0.1) is 5.69 Å². The van der Waals surface area contributed by atoms with Crippen molar-refractivity contribution in [3.8, 4) is 17.0 Å². The number of fused-ring (bicyclic) bond motifs is 1. The number of anilines is 1. The molecule has 5 nitrogen and oxygen atoms in total. The molecule has 8 heteroatoms. The van der Waals surface area contributed by atoms with Gasteiger partial charge in [-0.15, -0.1) is 0 Å². The SMILES string of the molecule is CC(=O)Nc1cccc2nc(-c3ccc(OC(F)F)c(F)c3)cn12. The van der Waals surface area contributed by atoms with E-state index in [1.165, 1.54) is 13.0 Å². The molecule has 0 aliphatic carbocycles. The van der Waals surface area contributed by atoms with Crippen LogP contribution in [0.2, 0.25) is 0 Å². The van der Waals surface area contributed by atoms with Gasteiger partial charge < -0.3 is 10.1 Å². The molecular weight excluding hydrogens is 323 g/mol. The summed E-state index contributed by atoms with van der Waals surface area (Å²) in [6.07, 6.45) is 1.61. The van der Waals surface area contributed by atoms with Crippen molar-refractivity contribution >= 4 is 17.4 Å². The van der Waals surface area contributed by atoms with Crippen LogP contribution in [0, 0.1) is 5.82 Å². The third-order valence-corrected chi connectivity index (χ3v) is 3.24. The molecule has 0 unspecified atom stereocenters. The predicted molar refractivity (Wildman–Crippen MR) is 81.5 cm³/mol. The Morgan fingerprint density at radius 3 is 2.75 bits per heavy atom. The molecule has 0 fully saturated rings. The van der Waals surface area contributed by atoms with Crippen molar-refractivity contribution in [3.05, 3.63) is 48.4 Å². The van der Waals surface area contributed by atoms with Crippen molar-refractivity contribution in [2.75, 3.05) is 5.32 Å². The standard InChI is InChI=1S/C16H12F3N3O2/c1-9(23)20-14-3-2-4-15-21-12(8-22(14)15)10-5-6-13(11(17)7-10)24-16(18)19/h2-8,16H,1H3,(H,20,23). The van der Waals surface area contributed by atoms with Crippen molar-refractivity contribution in [1.82, 2.24) is 9.38 Å². The van der Waals surface area contributed by atoms with Crippen molar-refractivity contribution in [3.63, 3.8) is 0 Å². The molecule has 2 aromatic heterocycles. The summed E-state index contributed by atoms with van der Waals surface area (Å²) in [6, 6.07) is 8.75. The second-order valence-corrected chi connectivity index (χ2v) is 4.97. The molecule has 0 saturated heterocycles. The van der Waals surface area contributed by atoms with E-state index in [-0.39, 0.29) is 5.91 Å². The second kappa shape index (κ2) is 6.23. The van der Waals surface area contributed by atoms with Gasteiger partial charge >= 0.3 is 6.61 Å². The minimum atomic E-state index is -3.10. The molecule has 3 aromatic rings. The molecule has 0 aliphatic rings. The zero-order valence-electron chi connectivity index (χ0n) is 12.5. The van der Waals surface area contributed by atoms with E-state index in [0.717, 1.165) is 12.1 Å². The Morgan fingerprint density at radius 2 is 2.08 bits per heavy atom. The summed E-state index contributed by atoms with van der Waals surface area (Å²) in [5.41, 5.74) is 1.37. The molecule has 0 atom stereocenters. The van der Waals surface area contributed by atoms with Gasteiger partial charge in [0.25, 0.3) is 0 Å². The highest BCUT2D eigenvalue weighted by Crippen LogP contribution is 2.27. The van der Waals surface area contributed by atoms with Crippen LogP contribution in [-0.2, 0) is 4.79 Å². The highest BCUT2D eigenvalue weighted by atomic mass is 19.3. The van der Waals surface area contributed by atoms with Gasteiger partial charge in [0.2, 0.25) is 5.91 Å². The smallest absolute Gasteiger partial charge is 0.387 e. The summed E-state index contributed by atoms with van der Waals surface area (Å²) in [5.74, 6) is -1.17. The Bertz CT molecular complexity index is 909. The van der Waals surface area contributed by atoms with Crippen LogP contribution in [0.5, 0.6) is 5.75 Å². The van der Waals surface area contributed by atoms with E-state index in [9.17, 15) is 18.0 Å². The number of imidazole rings is 1. The summed E-state index contributed by atoms with van der Waals surface area (Å²) < 4.78 is 43.9. The van der Waals surface area contributed by atoms with Crippen molar-refractivity contribution < 1.29 is 22.7 Å². The minimum Gasteiger partial charge on any atom is -0.432 e. The quantitative estimate of drug-likeness (QED) is 0.791. The largest absolute Gasteiger partial charge is 0.432 e. The van der Waals surface area contributed by atoms with Gasteiger partial charge in [-0.2, -0.15) is 8.78 Å². The Hall–Kier alpha value is -3.03. The van der Waals surface area contributed by atoms with E-state index in [1.807, 2.05) is 0 Å². The lowest BCUT2D eigenvalue weighted by molar-refractivity contribution is -0.114. The van der Waals surface area contributed by atoms with E-state index >= 15 is 0 Å². The van der Waals surface area contributed by atoms with Crippen LogP contribution in [-0.4, -0.2) is 21.9 Å². The molecule has 1 amide bonds. The maximum absolute atomic E-state index is 13.9. The number of hydrogen-bond donors (Lipinski definition) is 1. The lowest BCUT2D eigenvalue weighted by atomic mass is 10.1. The number of aromatic nitrogens is 2. The maximum Gasteiger partial charge on any atom is 0.387 e. The van der Waals surface area contributed by atoms with Gasteiger partial charge in [-0.3, -0.25) is 9.20 Å². The van der Waals surface area contributed by atoms with Crippen LogP contribution < -0.4 is 10.1 Å². The fraction of sp³-hybridized carbons (Fsp3) is 0.125. The fourth-order valence-corrected chi connectivity index (χ4v) is 2.28. The summed E-state index contributed by atoms with van der Waals surface area (Å²) >= 11 is 0. The molecule has 0 radical (unpaired) electrons. The van der Waals surface area contributed by atoms with Crippen LogP contribution in [0.1, 0.15) is 6.92 Å². The Labute approximate surface area is 134 Å².